The number of hydrogen-bond acceptors (Lipinski definition) is 5. The molecule has 0 aliphatic heterocycles. The summed E-state index contributed by atoms with van der Waals surface area (Å²) in [6, 6.07) is 5.85. The number of hydrogen-bond donors (Lipinski definition) is 1. The molecule has 0 saturated carbocycles. The monoisotopic (exact) mass is 479 g/mol. The normalized spacial score (nSPS) is 15.7. The van der Waals surface area contributed by atoms with Gasteiger partial charge in [0, 0.05) is 4.88 Å². The van der Waals surface area contributed by atoms with E-state index in [0.29, 0.717) is 28.1 Å². The lowest BCUT2D eigenvalue weighted by Gasteiger charge is -2.18. The zero-order valence-corrected chi connectivity index (χ0v) is 19.5. The third kappa shape index (κ3) is 5.01. The van der Waals surface area contributed by atoms with Crippen LogP contribution >= 0.6 is 27.3 Å². The minimum absolute atomic E-state index is 0.140. The molecule has 3 rings (SSSR count). The Hall–Kier alpha value is -1.86. The molecule has 1 aromatic heterocycles. The van der Waals surface area contributed by atoms with E-state index >= 15 is 0 Å². The number of esters is 1. The number of amides is 1. The summed E-state index contributed by atoms with van der Waals surface area (Å²) in [4.78, 5) is 26.0. The van der Waals surface area contributed by atoms with E-state index in [1.165, 1.54) is 24.0 Å². The smallest absolute Gasteiger partial charge is 0.341 e. The molecule has 0 spiro atoms. The Morgan fingerprint density at radius 3 is 2.76 bits per heavy atom. The number of rotatable bonds is 6. The van der Waals surface area contributed by atoms with Crippen LogP contribution in [-0.4, -0.2) is 25.6 Å². The van der Waals surface area contributed by atoms with E-state index in [9.17, 15) is 9.59 Å². The van der Waals surface area contributed by atoms with Crippen LogP contribution in [0.2, 0.25) is 0 Å². The van der Waals surface area contributed by atoms with Crippen LogP contribution in [0.4, 0.5) is 5.00 Å². The highest BCUT2D eigenvalue weighted by Gasteiger charge is 2.28. The lowest BCUT2D eigenvalue weighted by atomic mass is 9.88. The summed E-state index contributed by atoms with van der Waals surface area (Å²) in [6.07, 6.45) is 2.79. The summed E-state index contributed by atoms with van der Waals surface area (Å²) in [5.74, 6) is 0.886. The number of nitrogens with one attached hydrogen (secondary N) is 1. The minimum Gasteiger partial charge on any atom is -0.483 e. The topological polar surface area (TPSA) is 64.6 Å². The van der Waals surface area contributed by atoms with Gasteiger partial charge in [-0.2, -0.15) is 0 Å². The predicted molar refractivity (Wildman–Crippen MR) is 119 cm³/mol. The van der Waals surface area contributed by atoms with Crippen LogP contribution in [0.5, 0.6) is 5.75 Å². The van der Waals surface area contributed by atoms with Crippen LogP contribution in [0.3, 0.4) is 0 Å². The molecule has 1 atom stereocenters. The molecule has 1 amide bonds. The van der Waals surface area contributed by atoms with Crippen molar-refractivity contribution in [1.82, 2.24) is 0 Å². The van der Waals surface area contributed by atoms with Gasteiger partial charge in [0.15, 0.2) is 6.61 Å². The molecule has 1 heterocycles. The van der Waals surface area contributed by atoms with E-state index in [1.54, 1.807) is 0 Å². The van der Waals surface area contributed by atoms with Crippen LogP contribution in [0.15, 0.2) is 22.7 Å². The van der Waals surface area contributed by atoms with Crippen molar-refractivity contribution in [1.29, 1.82) is 0 Å². The Kier molecular flexibility index (Phi) is 7.01. The van der Waals surface area contributed by atoms with E-state index < -0.39 is 5.97 Å². The number of benzene rings is 1. The van der Waals surface area contributed by atoms with Crippen molar-refractivity contribution in [2.24, 2.45) is 5.92 Å². The van der Waals surface area contributed by atoms with Crippen LogP contribution < -0.4 is 10.1 Å². The predicted octanol–water partition coefficient (Wildman–Crippen LogP) is 5.56. The standard InChI is InChI=1S/C22H26BrNO4S/c1-12(2)14-6-8-17(16(23)10-14)28-11-19(25)24-21-20(22(26)27-4)15-7-5-13(3)9-18(15)29-21/h6,8,10,12-13H,5,7,9,11H2,1-4H3,(H,24,25). The molecular weight excluding hydrogens is 454 g/mol. The van der Waals surface area contributed by atoms with Crippen molar-refractivity contribution in [2.45, 2.75) is 46.0 Å². The molecule has 1 unspecified atom stereocenters. The maximum atomic E-state index is 12.5. The first kappa shape index (κ1) is 21.8. The van der Waals surface area contributed by atoms with Gasteiger partial charge in [-0.1, -0.05) is 26.8 Å². The molecule has 7 heteroatoms. The second kappa shape index (κ2) is 9.30. The fourth-order valence-corrected chi connectivity index (χ4v) is 5.38. The fourth-order valence-electron chi connectivity index (χ4n) is 3.46. The zero-order chi connectivity index (χ0) is 21.1. The van der Waals surface area contributed by atoms with Gasteiger partial charge in [-0.05, 0) is 70.3 Å². The van der Waals surface area contributed by atoms with Crippen LogP contribution in [-0.2, 0) is 22.4 Å². The van der Waals surface area contributed by atoms with Gasteiger partial charge in [0.2, 0.25) is 0 Å². The van der Waals surface area contributed by atoms with Gasteiger partial charge >= 0.3 is 5.97 Å². The molecule has 1 aliphatic rings. The molecule has 0 fully saturated rings. The zero-order valence-electron chi connectivity index (χ0n) is 17.1. The van der Waals surface area contributed by atoms with Gasteiger partial charge in [-0.25, -0.2) is 4.79 Å². The number of carbonyl (C=O) groups excluding carboxylic acids is 2. The maximum absolute atomic E-state index is 12.5. The van der Waals surface area contributed by atoms with Crippen LogP contribution in [0.25, 0.3) is 0 Å². The second-order valence-corrected chi connectivity index (χ2v) is 9.69. The summed E-state index contributed by atoms with van der Waals surface area (Å²) in [7, 11) is 1.37. The molecule has 1 aliphatic carbocycles. The molecule has 1 aromatic carbocycles. The number of carbonyl (C=O) groups is 2. The van der Waals surface area contributed by atoms with Gasteiger partial charge in [-0.3, -0.25) is 4.79 Å². The van der Waals surface area contributed by atoms with Crippen LogP contribution in [0.1, 0.15) is 59.5 Å². The highest BCUT2D eigenvalue weighted by atomic mass is 79.9. The fraction of sp³-hybridized carbons (Fsp3) is 0.455. The van der Waals surface area contributed by atoms with Crippen molar-refractivity contribution >= 4 is 44.1 Å². The van der Waals surface area contributed by atoms with Crippen molar-refractivity contribution in [2.75, 3.05) is 19.0 Å². The van der Waals surface area contributed by atoms with Gasteiger partial charge in [0.25, 0.3) is 5.91 Å². The summed E-state index contributed by atoms with van der Waals surface area (Å²) >= 11 is 4.97. The molecule has 156 valence electrons. The van der Waals surface area contributed by atoms with E-state index in [1.807, 2.05) is 18.2 Å². The first-order chi connectivity index (χ1) is 13.8. The van der Waals surface area contributed by atoms with Crippen LogP contribution in [0, 0.1) is 5.92 Å². The molecule has 0 bridgehead atoms. The molecule has 5 nitrogen and oxygen atoms in total. The second-order valence-electron chi connectivity index (χ2n) is 7.73. The quantitative estimate of drug-likeness (QED) is 0.550. The SMILES string of the molecule is COC(=O)c1c(NC(=O)COc2ccc(C(C)C)cc2Br)sc2c1CCC(C)C2. The Balaban J connectivity index is 1.72. The molecule has 0 saturated heterocycles. The summed E-state index contributed by atoms with van der Waals surface area (Å²) in [5, 5.41) is 3.41. The third-order valence-corrected chi connectivity index (χ3v) is 6.93. The highest BCUT2D eigenvalue weighted by molar-refractivity contribution is 9.10. The maximum Gasteiger partial charge on any atom is 0.341 e. The number of methoxy groups -OCH3 is 1. The summed E-state index contributed by atoms with van der Waals surface area (Å²) < 4.78 is 11.5. The number of fused-ring (bicyclic) bond motifs is 1. The summed E-state index contributed by atoms with van der Waals surface area (Å²) in [6.45, 7) is 6.31. The Morgan fingerprint density at radius 2 is 2.10 bits per heavy atom. The first-order valence-electron chi connectivity index (χ1n) is 9.75. The lowest BCUT2D eigenvalue weighted by molar-refractivity contribution is -0.118. The Labute approximate surface area is 183 Å². The minimum atomic E-state index is -0.403. The van der Waals surface area contributed by atoms with Crippen molar-refractivity contribution < 1.29 is 19.1 Å². The number of halogens is 1. The molecular formula is C22H26BrNO4S. The van der Waals surface area contributed by atoms with E-state index in [-0.39, 0.29) is 12.5 Å². The average Bonchev–Trinajstić information content (AvgIpc) is 3.02. The molecule has 1 N–H and O–H groups in total. The highest BCUT2D eigenvalue weighted by Crippen LogP contribution is 2.40. The molecule has 0 radical (unpaired) electrons. The van der Waals surface area contributed by atoms with Crippen molar-refractivity contribution in [3.8, 4) is 5.75 Å². The van der Waals surface area contributed by atoms with E-state index in [4.69, 9.17) is 9.47 Å². The Morgan fingerprint density at radius 1 is 1.34 bits per heavy atom. The molecule has 2 aromatic rings. The number of ether oxygens (including phenoxy) is 2. The van der Waals surface area contributed by atoms with Crippen molar-refractivity contribution in [3.05, 3.63) is 44.2 Å². The van der Waals surface area contributed by atoms with E-state index in [0.717, 1.165) is 34.2 Å². The first-order valence-corrected chi connectivity index (χ1v) is 11.4. The third-order valence-electron chi connectivity index (χ3n) is 5.14. The van der Waals surface area contributed by atoms with E-state index in [2.05, 4.69) is 42.0 Å². The summed E-state index contributed by atoms with van der Waals surface area (Å²) in [5.41, 5.74) is 2.70. The largest absolute Gasteiger partial charge is 0.483 e. The Bertz CT molecular complexity index is 922. The number of thiophene rings is 1. The van der Waals surface area contributed by atoms with Gasteiger partial charge < -0.3 is 14.8 Å². The number of anilines is 1. The lowest BCUT2D eigenvalue weighted by Crippen LogP contribution is -2.21. The van der Waals surface area contributed by atoms with Gasteiger partial charge in [0.05, 0.1) is 17.1 Å². The van der Waals surface area contributed by atoms with Gasteiger partial charge in [-0.15, -0.1) is 11.3 Å². The van der Waals surface area contributed by atoms with Crippen molar-refractivity contribution in [3.63, 3.8) is 0 Å². The molecule has 29 heavy (non-hydrogen) atoms. The average molecular weight is 480 g/mol. The van der Waals surface area contributed by atoms with Gasteiger partial charge in [0.1, 0.15) is 10.8 Å².